The first-order chi connectivity index (χ1) is 21.5. The van der Waals surface area contributed by atoms with Gasteiger partial charge in [0.05, 0.1) is 28.5 Å². The lowest BCUT2D eigenvalue weighted by atomic mass is 9.95. The van der Waals surface area contributed by atoms with Crippen molar-refractivity contribution in [2.75, 3.05) is 11.9 Å². The second kappa shape index (κ2) is 13.0. The Bertz CT molecular complexity index is 2000. The summed E-state index contributed by atoms with van der Waals surface area (Å²) in [5.74, 6) is 1.11. The lowest BCUT2D eigenvalue weighted by Gasteiger charge is -2.25. The van der Waals surface area contributed by atoms with Crippen LogP contribution in [0.4, 0.5) is 5.69 Å². The van der Waals surface area contributed by atoms with E-state index in [0.717, 1.165) is 16.7 Å². The number of anilines is 1. The van der Waals surface area contributed by atoms with E-state index in [1.165, 1.54) is 11.3 Å². The first-order valence-electron chi connectivity index (χ1n) is 14.4. The number of nitrogens with one attached hydrogen (secondary N) is 1. The molecule has 2 heterocycles. The van der Waals surface area contributed by atoms with Crippen LogP contribution in [0.3, 0.4) is 0 Å². The zero-order valence-electron chi connectivity index (χ0n) is 24.4. The number of ether oxygens (including phenoxy) is 2. The number of para-hydroxylation sites is 1. The summed E-state index contributed by atoms with van der Waals surface area (Å²) < 4.78 is 13.8. The molecule has 0 spiro atoms. The fourth-order valence-corrected chi connectivity index (χ4v) is 6.19. The average molecular weight is 602 g/mol. The molecule has 5 aromatic rings. The molecule has 0 saturated carbocycles. The Morgan fingerprint density at radius 1 is 0.909 bits per heavy atom. The van der Waals surface area contributed by atoms with Crippen LogP contribution in [0.25, 0.3) is 6.08 Å². The molecule has 7 nitrogen and oxygen atoms in total. The number of nitrogens with zero attached hydrogens (tertiary/aromatic N) is 2. The molecular weight excluding hydrogens is 570 g/mol. The van der Waals surface area contributed by atoms with Crippen LogP contribution < -0.4 is 29.7 Å². The van der Waals surface area contributed by atoms with Crippen molar-refractivity contribution in [2.45, 2.75) is 26.5 Å². The van der Waals surface area contributed by atoms with Crippen LogP contribution in [-0.4, -0.2) is 17.1 Å². The number of amides is 1. The molecule has 6 rings (SSSR count). The maximum atomic E-state index is 14.1. The highest BCUT2D eigenvalue weighted by Crippen LogP contribution is 2.32. The molecule has 0 radical (unpaired) electrons. The molecule has 1 aliphatic rings. The fourth-order valence-electron chi connectivity index (χ4n) is 5.15. The van der Waals surface area contributed by atoms with E-state index in [-0.39, 0.29) is 11.5 Å². The largest absolute Gasteiger partial charge is 0.494 e. The zero-order chi connectivity index (χ0) is 30.5. The van der Waals surface area contributed by atoms with Crippen molar-refractivity contribution >= 4 is 29.0 Å². The maximum Gasteiger partial charge on any atom is 0.271 e. The van der Waals surface area contributed by atoms with Gasteiger partial charge >= 0.3 is 0 Å². The highest BCUT2D eigenvalue weighted by atomic mass is 32.1. The van der Waals surface area contributed by atoms with Gasteiger partial charge in [0.15, 0.2) is 4.80 Å². The van der Waals surface area contributed by atoms with Gasteiger partial charge in [0.25, 0.3) is 11.5 Å². The van der Waals surface area contributed by atoms with Gasteiger partial charge in [-0.3, -0.25) is 14.2 Å². The summed E-state index contributed by atoms with van der Waals surface area (Å²) in [4.78, 5) is 33.1. The highest BCUT2D eigenvalue weighted by Gasteiger charge is 2.32. The van der Waals surface area contributed by atoms with Crippen molar-refractivity contribution in [1.82, 2.24) is 4.57 Å². The summed E-state index contributed by atoms with van der Waals surface area (Å²) in [5, 5.41) is 2.99. The van der Waals surface area contributed by atoms with Crippen molar-refractivity contribution < 1.29 is 14.3 Å². The molecule has 0 unspecified atom stereocenters. The Morgan fingerprint density at radius 2 is 1.64 bits per heavy atom. The molecule has 220 valence electrons. The van der Waals surface area contributed by atoms with E-state index in [2.05, 4.69) is 5.32 Å². The minimum Gasteiger partial charge on any atom is -0.494 e. The quantitative estimate of drug-likeness (QED) is 0.230. The Labute approximate surface area is 259 Å². The molecule has 1 aliphatic heterocycles. The molecule has 1 amide bonds. The van der Waals surface area contributed by atoms with Crippen LogP contribution >= 0.6 is 11.3 Å². The third-order valence-electron chi connectivity index (χ3n) is 7.21. The van der Waals surface area contributed by atoms with Crippen LogP contribution in [0, 0.1) is 0 Å². The van der Waals surface area contributed by atoms with Crippen LogP contribution in [0.15, 0.2) is 130 Å². The van der Waals surface area contributed by atoms with Crippen molar-refractivity contribution in [3.05, 3.63) is 157 Å². The van der Waals surface area contributed by atoms with Gasteiger partial charge in [-0.25, -0.2) is 4.99 Å². The van der Waals surface area contributed by atoms with Gasteiger partial charge in [-0.05, 0) is 73.0 Å². The molecule has 1 aromatic heterocycles. The number of carbonyl (C=O) groups excluding carboxylic acids is 1. The van der Waals surface area contributed by atoms with E-state index in [0.29, 0.717) is 51.0 Å². The molecule has 1 atom stereocenters. The predicted octanol–water partition coefficient (Wildman–Crippen LogP) is 5.85. The fraction of sp³-hybridized carbons (Fsp3) is 0.139. The van der Waals surface area contributed by atoms with Gasteiger partial charge in [0.2, 0.25) is 0 Å². The van der Waals surface area contributed by atoms with Gasteiger partial charge in [0, 0.05) is 5.69 Å². The minimum atomic E-state index is -0.673. The molecule has 4 aromatic carbocycles. The van der Waals surface area contributed by atoms with E-state index in [4.69, 9.17) is 14.5 Å². The van der Waals surface area contributed by atoms with Crippen molar-refractivity contribution in [3.8, 4) is 11.5 Å². The normalized spacial score (nSPS) is 14.5. The maximum absolute atomic E-state index is 14.1. The Hall–Kier alpha value is -5.21. The number of allylic oxidation sites excluding steroid dienone is 1. The third-order valence-corrected chi connectivity index (χ3v) is 8.19. The topological polar surface area (TPSA) is 81.9 Å². The first-order valence-corrected chi connectivity index (χ1v) is 15.2. The second-order valence-corrected chi connectivity index (χ2v) is 11.3. The van der Waals surface area contributed by atoms with Gasteiger partial charge < -0.3 is 14.8 Å². The standard InChI is InChI=1S/C36H31N3O4S/c1-3-42-29-19-17-27(18-20-29)33-32(34(40)38-28-14-8-5-9-15-28)24(2)37-36-39(33)35(41)31(44-36)22-26-13-10-16-30(21-26)43-23-25-11-6-4-7-12-25/h4-22,33H,3,23H2,1-2H3,(H,38,40)/b31-22+/t33-/m0/s1. The summed E-state index contributed by atoms with van der Waals surface area (Å²) in [7, 11) is 0. The number of carbonyl (C=O) groups is 1. The lowest BCUT2D eigenvalue weighted by Crippen LogP contribution is -2.40. The summed E-state index contributed by atoms with van der Waals surface area (Å²) in [6.07, 6.45) is 1.84. The number of fused-ring (bicyclic) bond motifs is 1. The Balaban J connectivity index is 1.39. The van der Waals surface area contributed by atoms with Gasteiger partial charge in [-0.1, -0.05) is 84.1 Å². The highest BCUT2D eigenvalue weighted by molar-refractivity contribution is 7.07. The summed E-state index contributed by atoms with van der Waals surface area (Å²) >= 11 is 1.30. The van der Waals surface area contributed by atoms with Crippen molar-refractivity contribution in [1.29, 1.82) is 0 Å². The molecule has 8 heteroatoms. The third kappa shape index (κ3) is 6.26. The van der Waals surface area contributed by atoms with E-state index < -0.39 is 6.04 Å². The smallest absolute Gasteiger partial charge is 0.271 e. The molecule has 0 aliphatic carbocycles. The van der Waals surface area contributed by atoms with E-state index in [1.807, 2.05) is 129 Å². The second-order valence-electron chi connectivity index (χ2n) is 10.3. The summed E-state index contributed by atoms with van der Waals surface area (Å²) in [5.41, 5.74) is 4.09. The van der Waals surface area contributed by atoms with E-state index in [1.54, 1.807) is 4.57 Å². The molecule has 1 N–H and O–H groups in total. The zero-order valence-corrected chi connectivity index (χ0v) is 25.2. The molecule has 0 saturated heterocycles. The van der Waals surface area contributed by atoms with Crippen LogP contribution in [0.2, 0.25) is 0 Å². The SMILES string of the molecule is CCOc1ccc([C@H]2C(C(=O)Nc3ccccc3)=C(C)N=c3s/c(=C/c4cccc(OCc5ccccc5)c4)c(=O)n32)cc1. The Morgan fingerprint density at radius 3 is 2.36 bits per heavy atom. The minimum absolute atomic E-state index is 0.222. The van der Waals surface area contributed by atoms with Crippen LogP contribution in [0.5, 0.6) is 11.5 Å². The molecule has 44 heavy (non-hydrogen) atoms. The molecular formula is C36H31N3O4S. The van der Waals surface area contributed by atoms with Crippen molar-refractivity contribution in [2.24, 2.45) is 4.99 Å². The number of benzene rings is 4. The Kier molecular flexibility index (Phi) is 8.52. The monoisotopic (exact) mass is 601 g/mol. The average Bonchev–Trinajstić information content (AvgIpc) is 3.34. The number of hydrogen-bond acceptors (Lipinski definition) is 6. The van der Waals surface area contributed by atoms with Crippen LogP contribution in [-0.2, 0) is 11.4 Å². The summed E-state index contributed by atoms with van der Waals surface area (Å²) in [6.45, 7) is 4.72. The summed E-state index contributed by atoms with van der Waals surface area (Å²) in [6, 6.07) is 33.7. The van der Waals surface area contributed by atoms with Crippen molar-refractivity contribution in [3.63, 3.8) is 0 Å². The van der Waals surface area contributed by atoms with Gasteiger partial charge in [-0.15, -0.1) is 0 Å². The molecule has 0 bridgehead atoms. The lowest BCUT2D eigenvalue weighted by molar-refractivity contribution is -0.113. The number of rotatable bonds is 9. The van der Waals surface area contributed by atoms with Gasteiger partial charge in [0.1, 0.15) is 18.1 Å². The van der Waals surface area contributed by atoms with E-state index >= 15 is 0 Å². The van der Waals surface area contributed by atoms with Gasteiger partial charge in [-0.2, -0.15) is 0 Å². The number of thiazole rings is 1. The van der Waals surface area contributed by atoms with Crippen LogP contribution in [0.1, 0.15) is 36.6 Å². The number of hydrogen-bond donors (Lipinski definition) is 1. The predicted molar refractivity (Wildman–Crippen MR) is 174 cm³/mol. The molecule has 0 fully saturated rings. The number of aromatic nitrogens is 1. The van der Waals surface area contributed by atoms with E-state index in [9.17, 15) is 9.59 Å². The first kappa shape index (κ1) is 28.9.